The summed E-state index contributed by atoms with van der Waals surface area (Å²) in [4.78, 5) is 25.6. The van der Waals surface area contributed by atoms with Crippen molar-refractivity contribution in [1.82, 2.24) is 10.6 Å². The van der Waals surface area contributed by atoms with Crippen molar-refractivity contribution < 1.29 is 27.9 Å². The Morgan fingerprint density at radius 2 is 1.61 bits per heavy atom. The molecule has 0 spiro atoms. The van der Waals surface area contributed by atoms with E-state index >= 15 is 0 Å². The molecule has 31 heavy (non-hydrogen) atoms. The van der Waals surface area contributed by atoms with Gasteiger partial charge in [-0.2, -0.15) is 13.2 Å². The van der Waals surface area contributed by atoms with Crippen LogP contribution >= 0.6 is 0 Å². The first-order valence-electron chi connectivity index (χ1n) is 10.2. The lowest BCUT2D eigenvalue weighted by Gasteiger charge is -2.30. The first kappa shape index (κ1) is 22.8. The number of halogens is 3. The summed E-state index contributed by atoms with van der Waals surface area (Å²) in [5.74, 6) is -0.906. The van der Waals surface area contributed by atoms with Crippen molar-refractivity contribution in [3.05, 3.63) is 71.3 Å². The first-order chi connectivity index (χ1) is 14.8. The highest BCUT2D eigenvalue weighted by Gasteiger charge is 2.43. The highest BCUT2D eigenvalue weighted by Crippen LogP contribution is 2.41. The quantitative estimate of drug-likeness (QED) is 0.626. The van der Waals surface area contributed by atoms with E-state index in [9.17, 15) is 27.9 Å². The Balaban J connectivity index is 1.63. The van der Waals surface area contributed by atoms with Gasteiger partial charge in [0.15, 0.2) is 0 Å². The fraction of sp³-hybridized carbons (Fsp3) is 0.391. The molecule has 0 unspecified atom stereocenters. The zero-order valence-corrected chi connectivity index (χ0v) is 16.9. The molecule has 1 fully saturated rings. The van der Waals surface area contributed by atoms with E-state index in [4.69, 9.17) is 0 Å². The van der Waals surface area contributed by atoms with E-state index in [1.54, 1.807) is 0 Å². The summed E-state index contributed by atoms with van der Waals surface area (Å²) < 4.78 is 38.0. The number of aliphatic hydroxyl groups is 1. The van der Waals surface area contributed by atoms with Crippen molar-refractivity contribution in [2.75, 3.05) is 6.61 Å². The minimum atomic E-state index is -4.43. The second-order valence-electron chi connectivity index (χ2n) is 7.78. The van der Waals surface area contributed by atoms with Gasteiger partial charge in [-0.25, -0.2) is 0 Å². The van der Waals surface area contributed by atoms with Crippen LogP contribution in [0, 0.1) is 0 Å². The molecule has 0 aliphatic heterocycles. The van der Waals surface area contributed by atoms with Gasteiger partial charge in [0.2, 0.25) is 11.8 Å². The third kappa shape index (κ3) is 5.25. The molecule has 1 atom stereocenters. The van der Waals surface area contributed by atoms with E-state index in [-0.39, 0.29) is 12.5 Å². The monoisotopic (exact) mass is 434 g/mol. The molecule has 166 valence electrons. The molecule has 3 rings (SSSR count). The van der Waals surface area contributed by atoms with Crippen molar-refractivity contribution in [1.29, 1.82) is 0 Å². The Labute approximate surface area is 178 Å². The number of hydrogen-bond acceptors (Lipinski definition) is 3. The first-order valence-corrected chi connectivity index (χ1v) is 10.2. The minimum Gasteiger partial charge on any atom is -0.394 e. The molecule has 1 aliphatic rings. The van der Waals surface area contributed by atoms with Crippen molar-refractivity contribution in [3.8, 4) is 0 Å². The van der Waals surface area contributed by atoms with Gasteiger partial charge in [-0.3, -0.25) is 9.59 Å². The molecule has 1 saturated carbocycles. The predicted molar refractivity (Wildman–Crippen MR) is 109 cm³/mol. The average Bonchev–Trinajstić information content (AvgIpc) is 3.27. The summed E-state index contributed by atoms with van der Waals surface area (Å²) in [6.45, 7) is -0.609. The maximum Gasteiger partial charge on any atom is 0.416 e. The molecule has 5 nitrogen and oxygen atoms in total. The molecular formula is C23H25F3N2O3. The molecule has 3 N–H and O–H groups in total. The summed E-state index contributed by atoms with van der Waals surface area (Å²) in [5, 5.41) is 14.9. The lowest BCUT2D eigenvalue weighted by Crippen LogP contribution is -2.54. The zero-order chi connectivity index (χ0) is 22.5. The minimum absolute atomic E-state index is 0.0207. The molecule has 2 aromatic rings. The molecule has 8 heteroatoms. The largest absolute Gasteiger partial charge is 0.416 e. The molecule has 0 aromatic heterocycles. The average molecular weight is 434 g/mol. The van der Waals surface area contributed by atoms with Crippen molar-refractivity contribution in [3.63, 3.8) is 0 Å². The molecule has 0 saturated heterocycles. The van der Waals surface area contributed by atoms with Crippen molar-refractivity contribution in [2.24, 2.45) is 0 Å². The van der Waals surface area contributed by atoms with Gasteiger partial charge in [-0.05, 0) is 36.1 Å². The molecule has 1 aliphatic carbocycles. The van der Waals surface area contributed by atoms with E-state index in [1.165, 1.54) is 12.1 Å². The fourth-order valence-corrected chi connectivity index (χ4v) is 4.00. The molecule has 0 bridgehead atoms. The summed E-state index contributed by atoms with van der Waals surface area (Å²) in [5.41, 5.74) is -0.152. The maximum atomic E-state index is 13.1. The molecule has 2 amide bonds. The lowest BCUT2D eigenvalue weighted by molar-refractivity contribution is -0.137. The predicted octanol–water partition coefficient (Wildman–Crippen LogP) is 3.31. The summed E-state index contributed by atoms with van der Waals surface area (Å²) in [7, 11) is 0. The number of alkyl halides is 3. The summed E-state index contributed by atoms with van der Waals surface area (Å²) in [6.07, 6.45) is -1.32. The standard InChI is InChI=1S/C23H25F3N2O3/c24-23(25,26)18-10-8-16(9-11-18)14-27-20(30)19(15-29)28-21(31)22(12-4-5-13-22)17-6-2-1-3-7-17/h1-3,6-11,19,29H,4-5,12-15H2,(H,27,30)(H,28,31)/t19-/m0/s1. The van der Waals surface area contributed by atoms with Gasteiger partial charge >= 0.3 is 6.18 Å². The van der Waals surface area contributed by atoms with Gasteiger partial charge in [0.25, 0.3) is 0 Å². The third-order valence-corrected chi connectivity index (χ3v) is 5.77. The van der Waals surface area contributed by atoms with Crippen LogP contribution in [0.15, 0.2) is 54.6 Å². The fourth-order valence-electron chi connectivity index (χ4n) is 4.00. The van der Waals surface area contributed by atoms with Gasteiger partial charge < -0.3 is 15.7 Å². The molecular weight excluding hydrogens is 409 g/mol. The number of rotatable bonds is 7. The third-order valence-electron chi connectivity index (χ3n) is 5.77. The number of aliphatic hydroxyl groups excluding tert-OH is 1. The van der Waals surface area contributed by atoms with E-state index in [0.717, 1.165) is 30.5 Å². The normalized spacial score (nSPS) is 16.5. The zero-order valence-electron chi connectivity index (χ0n) is 16.9. The van der Waals surface area contributed by atoms with Gasteiger partial charge in [0.1, 0.15) is 6.04 Å². The lowest BCUT2D eigenvalue weighted by atomic mass is 9.78. The van der Waals surface area contributed by atoms with E-state index in [1.807, 2.05) is 30.3 Å². The summed E-state index contributed by atoms with van der Waals surface area (Å²) in [6, 6.07) is 12.7. The Bertz CT molecular complexity index is 893. The second kappa shape index (κ2) is 9.51. The van der Waals surface area contributed by atoms with E-state index in [0.29, 0.717) is 18.4 Å². The van der Waals surface area contributed by atoms with Crippen molar-refractivity contribution >= 4 is 11.8 Å². The Morgan fingerprint density at radius 1 is 1.00 bits per heavy atom. The van der Waals surface area contributed by atoms with Crippen LogP contribution in [0.25, 0.3) is 0 Å². The van der Waals surface area contributed by atoms with E-state index < -0.39 is 35.7 Å². The van der Waals surface area contributed by atoms with E-state index in [2.05, 4.69) is 10.6 Å². The highest BCUT2D eigenvalue weighted by molar-refractivity contribution is 5.93. The number of carbonyl (C=O) groups excluding carboxylic acids is 2. The van der Waals surface area contributed by atoms with Crippen LogP contribution in [0.1, 0.15) is 42.4 Å². The van der Waals surface area contributed by atoms with Crippen molar-refractivity contribution in [2.45, 2.75) is 49.9 Å². The van der Waals surface area contributed by atoms with Crippen LogP contribution in [0.2, 0.25) is 0 Å². The molecule has 2 aromatic carbocycles. The van der Waals surface area contributed by atoms with Crippen LogP contribution in [0.3, 0.4) is 0 Å². The Morgan fingerprint density at radius 3 is 2.16 bits per heavy atom. The maximum absolute atomic E-state index is 13.1. The van der Waals surface area contributed by atoms with Crippen LogP contribution in [-0.4, -0.2) is 29.6 Å². The number of carbonyl (C=O) groups is 2. The number of hydrogen-bond donors (Lipinski definition) is 3. The Kier molecular flexibility index (Phi) is 7.00. The van der Waals surface area contributed by atoms with Gasteiger partial charge in [0, 0.05) is 6.54 Å². The van der Waals surface area contributed by atoms with Crippen LogP contribution < -0.4 is 10.6 Å². The van der Waals surface area contributed by atoms with Crippen LogP contribution in [0.5, 0.6) is 0 Å². The second-order valence-corrected chi connectivity index (χ2v) is 7.78. The number of amides is 2. The van der Waals surface area contributed by atoms with Crippen LogP contribution in [0.4, 0.5) is 13.2 Å². The molecule has 0 heterocycles. The topological polar surface area (TPSA) is 78.4 Å². The SMILES string of the molecule is O=C(NCc1ccc(C(F)(F)F)cc1)[C@H](CO)NC(=O)C1(c2ccccc2)CCCC1. The van der Waals surface area contributed by atoms with Crippen LogP contribution in [-0.2, 0) is 27.7 Å². The summed E-state index contributed by atoms with van der Waals surface area (Å²) >= 11 is 0. The number of nitrogens with one attached hydrogen (secondary N) is 2. The Hall–Kier alpha value is -2.87. The van der Waals surface area contributed by atoms with Gasteiger partial charge in [-0.15, -0.1) is 0 Å². The van der Waals surface area contributed by atoms with Gasteiger partial charge in [0.05, 0.1) is 17.6 Å². The van der Waals surface area contributed by atoms with Gasteiger partial charge in [-0.1, -0.05) is 55.3 Å². The molecule has 0 radical (unpaired) electrons. The highest BCUT2D eigenvalue weighted by atomic mass is 19.4. The number of benzene rings is 2. The smallest absolute Gasteiger partial charge is 0.394 e.